The maximum Gasteiger partial charge on any atom is 0.171 e. The molecule has 0 fully saturated rings. The van der Waals surface area contributed by atoms with Crippen molar-refractivity contribution >= 4 is 33.3 Å². The topological polar surface area (TPSA) is 34.9 Å². The molecule has 0 unspecified atom stereocenters. The van der Waals surface area contributed by atoms with Gasteiger partial charge >= 0.3 is 0 Å². The zero-order chi connectivity index (χ0) is 14.2. The maximum absolute atomic E-state index is 13.7. The van der Waals surface area contributed by atoms with Gasteiger partial charge in [0, 0.05) is 11.5 Å². The molecule has 0 bridgehead atoms. The molecule has 0 amide bonds. The first-order chi connectivity index (χ1) is 8.90. The van der Waals surface area contributed by atoms with Crippen molar-refractivity contribution in [1.82, 2.24) is 9.78 Å². The van der Waals surface area contributed by atoms with Gasteiger partial charge in [-0.05, 0) is 25.1 Å². The smallest absolute Gasteiger partial charge is 0.171 e. The highest BCUT2D eigenvalue weighted by Crippen LogP contribution is 2.22. The molecule has 6 heteroatoms. The van der Waals surface area contributed by atoms with Crippen LogP contribution in [0, 0.1) is 12.7 Å². The molecule has 19 heavy (non-hydrogen) atoms. The Labute approximate surface area is 123 Å². The Hall–Kier alpha value is -1.20. The third kappa shape index (κ3) is 2.87. The van der Waals surface area contributed by atoms with E-state index in [1.807, 2.05) is 0 Å². The van der Waals surface area contributed by atoms with Crippen LogP contribution in [0.5, 0.6) is 0 Å². The predicted octanol–water partition coefficient (Wildman–Crippen LogP) is 3.71. The van der Waals surface area contributed by atoms with Crippen LogP contribution in [0.4, 0.5) is 4.39 Å². The van der Waals surface area contributed by atoms with E-state index in [0.717, 1.165) is 0 Å². The number of aromatic nitrogens is 2. The first-order valence-corrected chi connectivity index (χ1v) is 6.73. The first kappa shape index (κ1) is 14.2. The van der Waals surface area contributed by atoms with E-state index in [0.29, 0.717) is 20.9 Å². The van der Waals surface area contributed by atoms with Gasteiger partial charge in [0.25, 0.3) is 0 Å². The molecule has 100 valence electrons. The molecule has 1 aromatic carbocycles. The van der Waals surface area contributed by atoms with Crippen LogP contribution in [0.15, 0.2) is 22.7 Å². The maximum atomic E-state index is 13.7. The number of benzene rings is 1. The number of nitrogens with zero attached hydrogens (tertiary/aromatic N) is 2. The van der Waals surface area contributed by atoms with Crippen molar-refractivity contribution in [3.63, 3.8) is 0 Å². The summed E-state index contributed by atoms with van der Waals surface area (Å²) in [6, 6.07) is 4.36. The summed E-state index contributed by atoms with van der Waals surface area (Å²) in [4.78, 5) is 12.1. The van der Waals surface area contributed by atoms with Gasteiger partial charge < -0.3 is 0 Å². The largest absolute Gasteiger partial charge is 0.294 e. The molecule has 2 rings (SSSR count). The molecule has 0 radical (unpaired) electrons. The SMILES string of the molecule is Cc1nn(C)c(CC(=O)c2ccc(Br)cc2F)c1Cl. The second kappa shape index (κ2) is 5.43. The Kier molecular flexibility index (Phi) is 4.06. The molecule has 1 aromatic heterocycles. The fraction of sp³-hybridized carbons (Fsp3) is 0.231. The highest BCUT2D eigenvalue weighted by atomic mass is 79.9. The highest BCUT2D eigenvalue weighted by Gasteiger charge is 2.18. The van der Waals surface area contributed by atoms with Gasteiger partial charge in [-0.1, -0.05) is 27.5 Å². The molecule has 0 aliphatic rings. The number of rotatable bonds is 3. The summed E-state index contributed by atoms with van der Waals surface area (Å²) in [6.07, 6.45) is 0.0225. The van der Waals surface area contributed by atoms with E-state index in [4.69, 9.17) is 11.6 Å². The summed E-state index contributed by atoms with van der Waals surface area (Å²) in [5.74, 6) is -0.871. The van der Waals surface area contributed by atoms with E-state index in [-0.39, 0.29) is 17.8 Å². The van der Waals surface area contributed by atoms with Gasteiger partial charge in [0.15, 0.2) is 5.78 Å². The molecule has 0 aliphatic carbocycles. The standard InChI is InChI=1S/C13H11BrClFN2O/c1-7-13(15)11(18(2)17-7)6-12(19)9-4-3-8(14)5-10(9)16/h3-5H,6H2,1-2H3. The molecule has 0 atom stereocenters. The van der Waals surface area contributed by atoms with Crippen LogP contribution >= 0.6 is 27.5 Å². The average Bonchev–Trinajstić information content (AvgIpc) is 2.56. The minimum atomic E-state index is -0.547. The minimum absolute atomic E-state index is 0.0225. The van der Waals surface area contributed by atoms with Gasteiger partial charge in [-0.2, -0.15) is 5.10 Å². The van der Waals surface area contributed by atoms with E-state index in [1.165, 1.54) is 12.1 Å². The summed E-state index contributed by atoms with van der Waals surface area (Å²) in [5.41, 5.74) is 1.30. The monoisotopic (exact) mass is 344 g/mol. The number of hydrogen-bond donors (Lipinski definition) is 0. The lowest BCUT2D eigenvalue weighted by molar-refractivity contribution is 0.0987. The molecule has 0 saturated heterocycles. The van der Waals surface area contributed by atoms with Gasteiger partial charge in [0.2, 0.25) is 0 Å². The molecule has 0 saturated carbocycles. The molecular formula is C13H11BrClFN2O. The quantitative estimate of drug-likeness (QED) is 0.795. The van der Waals surface area contributed by atoms with Crippen molar-refractivity contribution in [3.05, 3.63) is 50.5 Å². The Morgan fingerprint density at radius 3 is 2.74 bits per heavy atom. The highest BCUT2D eigenvalue weighted by molar-refractivity contribution is 9.10. The van der Waals surface area contributed by atoms with Gasteiger partial charge in [0.05, 0.1) is 28.4 Å². The van der Waals surface area contributed by atoms with Crippen LogP contribution in [0.25, 0.3) is 0 Å². The van der Waals surface area contributed by atoms with Crippen LogP contribution in [0.1, 0.15) is 21.7 Å². The Balaban J connectivity index is 2.31. The van der Waals surface area contributed by atoms with E-state index < -0.39 is 5.82 Å². The van der Waals surface area contributed by atoms with Crippen molar-refractivity contribution in [2.75, 3.05) is 0 Å². The van der Waals surface area contributed by atoms with Crippen LogP contribution in [0.3, 0.4) is 0 Å². The Morgan fingerprint density at radius 1 is 1.53 bits per heavy atom. The lowest BCUT2D eigenvalue weighted by atomic mass is 10.1. The van der Waals surface area contributed by atoms with E-state index in [1.54, 1.807) is 24.7 Å². The second-order valence-corrected chi connectivity index (χ2v) is 5.49. The predicted molar refractivity (Wildman–Crippen MR) is 75.1 cm³/mol. The molecule has 2 aromatic rings. The van der Waals surface area contributed by atoms with E-state index >= 15 is 0 Å². The van der Waals surface area contributed by atoms with Crippen LogP contribution in [0.2, 0.25) is 5.02 Å². The Bertz CT molecular complexity index is 654. The minimum Gasteiger partial charge on any atom is -0.294 e. The number of carbonyl (C=O) groups excluding carboxylic acids is 1. The van der Waals surface area contributed by atoms with Gasteiger partial charge in [-0.15, -0.1) is 0 Å². The molecular weight excluding hydrogens is 335 g/mol. The Morgan fingerprint density at radius 2 is 2.21 bits per heavy atom. The number of carbonyl (C=O) groups is 1. The van der Waals surface area contributed by atoms with Crippen molar-refractivity contribution in [1.29, 1.82) is 0 Å². The summed E-state index contributed by atoms with van der Waals surface area (Å²) in [5, 5.41) is 4.58. The summed E-state index contributed by atoms with van der Waals surface area (Å²) < 4.78 is 15.8. The first-order valence-electron chi connectivity index (χ1n) is 5.56. The number of hydrogen-bond acceptors (Lipinski definition) is 2. The van der Waals surface area contributed by atoms with E-state index in [9.17, 15) is 9.18 Å². The molecule has 0 aliphatic heterocycles. The fourth-order valence-electron chi connectivity index (χ4n) is 1.84. The van der Waals surface area contributed by atoms with Crippen LogP contribution in [-0.2, 0) is 13.5 Å². The molecule has 0 N–H and O–H groups in total. The number of Topliss-reactive ketones (excluding diaryl/α,β-unsaturated/α-hetero) is 1. The summed E-state index contributed by atoms with van der Waals surface area (Å²) in [7, 11) is 1.71. The van der Waals surface area contributed by atoms with Crippen molar-refractivity contribution in [2.24, 2.45) is 7.05 Å². The molecule has 1 heterocycles. The van der Waals surface area contributed by atoms with Crippen LogP contribution in [-0.4, -0.2) is 15.6 Å². The number of ketones is 1. The second-order valence-electron chi connectivity index (χ2n) is 4.19. The van der Waals surface area contributed by atoms with Gasteiger partial charge in [0.1, 0.15) is 5.82 Å². The normalized spacial score (nSPS) is 10.8. The van der Waals surface area contributed by atoms with Crippen LogP contribution < -0.4 is 0 Å². The van der Waals surface area contributed by atoms with E-state index in [2.05, 4.69) is 21.0 Å². The lowest BCUT2D eigenvalue weighted by Gasteiger charge is -2.04. The third-order valence-electron chi connectivity index (χ3n) is 2.82. The fourth-order valence-corrected chi connectivity index (χ4v) is 2.40. The molecule has 0 spiro atoms. The lowest BCUT2D eigenvalue weighted by Crippen LogP contribution is -2.10. The van der Waals surface area contributed by atoms with Crippen molar-refractivity contribution in [2.45, 2.75) is 13.3 Å². The zero-order valence-electron chi connectivity index (χ0n) is 10.4. The summed E-state index contributed by atoms with van der Waals surface area (Å²) >= 11 is 9.23. The van der Waals surface area contributed by atoms with Crippen molar-refractivity contribution in [3.8, 4) is 0 Å². The van der Waals surface area contributed by atoms with Gasteiger partial charge in [-0.3, -0.25) is 9.48 Å². The third-order valence-corrected chi connectivity index (χ3v) is 3.81. The average molecular weight is 346 g/mol. The van der Waals surface area contributed by atoms with Crippen molar-refractivity contribution < 1.29 is 9.18 Å². The zero-order valence-corrected chi connectivity index (χ0v) is 12.7. The summed E-state index contributed by atoms with van der Waals surface area (Å²) in [6.45, 7) is 1.76. The number of halogens is 3. The van der Waals surface area contributed by atoms with Gasteiger partial charge in [-0.25, -0.2) is 4.39 Å². The number of aryl methyl sites for hydroxylation is 2. The molecule has 3 nitrogen and oxygen atoms in total.